The first-order valence-electron chi connectivity index (χ1n) is 9.81. The van der Waals surface area contributed by atoms with E-state index < -0.39 is 23.8 Å². The van der Waals surface area contributed by atoms with E-state index in [0.29, 0.717) is 29.6 Å². The second kappa shape index (κ2) is 6.49. The molecule has 1 unspecified atom stereocenters. The third kappa shape index (κ3) is 2.67. The lowest BCUT2D eigenvalue weighted by Crippen LogP contribution is -2.54. The smallest absolute Gasteiger partial charge is 0.262 e. The summed E-state index contributed by atoms with van der Waals surface area (Å²) >= 11 is 0. The van der Waals surface area contributed by atoms with E-state index in [0.717, 1.165) is 29.5 Å². The van der Waals surface area contributed by atoms with E-state index >= 15 is 0 Å². The zero-order chi connectivity index (χ0) is 19.4. The Morgan fingerprint density at radius 1 is 1.11 bits per heavy atom. The Labute approximate surface area is 162 Å². The molecule has 0 spiro atoms. The lowest BCUT2D eigenvalue weighted by molar-refractivity contribution is -0.136. The highest BCUT2D eigenvalue weighted by Crippen LogP contribution is 2.39. The molecule has 4 aliphatic heterocycles. The van der Waals surface area contributed by atoms with Gasteiger partial charge in [0.1, 0.15) is 6.04 Å². The minimum absolute atomic E-state index is 0.122. The summed E-state index contributed by atoms with van der Waals surface area (Å²) in [6.07, 6.45) is 1.57. The van der Waals surface area contributed by atoms with Crippen molar-refractivity contribution >= 4 is 23.6 Å². The van der Waals surface area contributed by atoms with E-state index in [1.54, 1.807) is 12.1 Å². The quantitative estimate of drug-likeness (QED) is 0.608. The van der Waals surface area contributed by atoms with Crippen LogP contribution in [0.4, 0.5) is 0 Å². The largest absolute Gasteiger partial charge is 0.313 e. The van der Waals surface area contributed by atoms with Crippen LogP contribution in [0.15, 0.2) is 18.2 Å². The molecule has 0 aromatic heterocycles. The first-order valence-corrected chi connectivity index (χ1v) is 9.81. The highest BCUT2D eigenvalue weighted by molar-refractivity contribution is 6.23. The van der Waals surface area contributed by atoms with Gasteiger partial charge < -0.3 is 10.6 Å². The van der Waals surface area contributed by atoms with E-state index in [2.05, 4.69) is 16.0 Å². The van der Waals surface area contributed by atoms with E-state index in [4.69, 9.17) is 0 Å². The lowest BCUT2D eigenvalue weighted by Gasteiger charge is -2.34. The molecule has 28 heavy (non-hydrogen) atoms. The van der Waals surface area contributed by atoms with Crippen molar-refractivity contribution in [2.75, 3.05) is 13.1 Å². The molecule has 1 aliphatic carbocycles. The molecule has 3 N–H and O–H groups in total. The molecule has 1 saturated carbocycles. The van der Waals surface area contributed by atoms with Crippen LogP contribution in [0.2, 0.25) is 0 Å². The molecule has 8 nitrogen and oxygen atoms in total. The zero-order valence-corrected chi connectivity index (χ0v) is 15.4. The second-order valence-corrected chi connectivity index (χ2v) is 8.13. The number of rotatable bonds is 5. The molecule has 4 heterocycles. The van der Waals surface area contributed by atoms with Gasteiger partial charge in [-0.15, -0.1) is 0 Å². The molecule has 3 saturated heterocycles. The summed E-state index contributed by atoms with van der Waals surface area (Å²) in [5, 5.41) is 9.16. The number of amides is 4. The van der Waals surface area contributed by atoms with Gasteiger partial charge >= 0.3 is 0 Å². The van der Waals surface area contributed by atoms with Crippen molar-refractivity contribution < 1.29 is 19.2 Å². The van der Waals surface area contributed by atoms with E-state index in [1.807, 2.05) is 6.07 Å². The van der Waals surface area contributed by atoms with Gasteiger partial charge in [0, 0.05) is 25.6 Å². The van der Waals surface area contributed by atoms with Gasteiger partial charge in [0.15, 0.2) is 0 Å². The Morgan fingerprint density at radius 3 is 2.64 bits per heavy atom. The van der Waals surface area contributed by atoms with Crippen molar-refractivity contribution in [3.8, 4) is 0 Å². The lowest BCUT2D eigenvalue weighted by atomic mass is 9.74. The molecule has 1 aromatic carbocycles. The average molecular weight is 382 g/mol. The highest BCUT2D eigenvalue weighted by Gasteiger charge is 2.46. The van der Waals surface area contributed by atoms with Crippen molar-refractivity contribution in [1.82, 2.24) is 20.9 Å². The molecule has 5 aliphatic rings. The maximum Gasteiger partial charge on any atom is 0.262 e. The molecule has 4 amide bonds. The number of hydrogen-bond donors (Lipinski definition) is 3. The summed E-state index contributed by atoms with van der Waals surface area (Å²) in [5.74, 6) is -0.430. The van der Waals surface area contributed by atoms with Gasteiger partial charge in [-0.25, -0.2) is 0 Å². The van der Waals surface area contributed by atoms with Crippen LogP contribution in [0, 0.1) is 11.8 Å². The maximum atomic E-state index is 12.8. The monoisotopic (exact) mass is 382 g/mol. The summed E-state index contributed by atoms with van der Waals surface area (Å²) in [6, 6.07) is 4.96. The SMILES string of the molecule is O=C1CCC(N2C(=O)c3ccc(CNC[C@@H]4[C@@H]5CN[C@H]4C5)cc3C2=O)C(=O)N1. The number of benzene rings is 1. The van der Waals surface area contributed by atoms with Gasteiger partial charge in [0.2, 0.25) is 11.8 Å². The third-order valence-electron chi connectivity index (χ3n) is 6.53. The van der Waals surface area contributed by atoms with E-state index in [-0.39, 0.29) is 18.7 Å². The van der Waals surface area contributed by atoms with Gasteiger partial charge in [0.05, 0.1) is 11.1 Å². The number of imide groups is 2. The van der Waals surface area contributed by atoms with Crippen LogP contribution in [0.1, 0.15) is 45.5 Å². The van der Waals surface area contributed by atoms with Gasteiger partial charge in [0.25, 0.3) is 11.8 Å². The van der Waals surface area contributed by atoms with Crippen LogP contribution in [-0.4, -0.2) is 53.7 Å². The minimum Gasteiger partial charge on any atom is -0.313 e. The summed E-state index contributed by atoms with van der Waals surface area (Å²) in [7, 11) is 0. The van der Waals surface area contributed by atoms with Crippen molar-refractivity contribution in [3.63, 3.8) is 0 Å². The first kappa shape index (κ1) is 17.5. The third-order valence-corrected chi connectivity index (χ3v) is 6.53. The number of nitrogens with one attached hydrogen (secondary N) is 3. The Hall–Kier alpha value is -2.58. The molecule has 0 radical (unpaired) electrons. The molecule has 1 aromatic rings. The molecule has 146 valence electrons. The van der Waals surface area contributed by atoms with E-state index in [9.17, 15) is 19.2 Å². The topological polar surface area (TPSA) is 108 Å². The second-order valence-electron chi connectivity index (χ2n) is 8.13. The molecule has 6 rings (SSSR count). The van der Waals surface area contributed by atoms with Crippen molar-refractivity contribution in [3.05, 3.63) is 34.9 Å². The van der Waals surface area contributed by atoms with Crippen molar-refractivity contribution in [2.45, 2.75) is 37.9 Å². The van der Waals surface area contributed by atoms with Gasteiger partial charge in [-0.05, 0) is 48.9 Å². The molecule has 2 bridgehead atoms. The zero-order valence-electron chi connectivity index (χ0n) is 15.4. The molecular formula is C20H22N4O4. The fraction of sp³-hybridized carbons (Fsp3) is 0.500. The van der Waals surface area contributed by atoms with Crippen LogP contribution in [0.25, 0.3) is 0 Å². The predicted octanol–water partition coefficient (Wildman–Crippen LogP) is -0.215. The number of hydrogen-bond acceptors (Lipinski definition) is 6. The van der Waals surface area contributed by atoms with Crippen molar-refractivity contribution in [2.24, 2.45) is 11.8 Å². The minimum atomic E-state index is -0.923. The maximum absolute atomic E-state index is 12.8. The summed E-state index contributed by atoms with van der Waals surface area (Å²) in [5.41, 5.74) is 1.59. The number of piperidine rings is 1. The fourth-order valence-electron chi connectivity index (χ4n) is 4.90. The number of nitrogens with zero attached hydrogens (tertiary/aromatic N) is 1. The number of fused-ring (bicyclic) bond motifs is 2. The van der Waals surface area contributed by atoms with Crippen molar-refractivity contribution in [1.29, 1.82) is 0 Å². The summed E-state index contributed by atoms with van der Waals surface area (Å²) < 4.78 is 0. The van der Waals surface area contributed by atoms with Crippen LogP contribution in [0.5, 0.6) is 0 Å². The average Bonchev–Trinajstić information content (AvgIpc) is 3.36. The normalized spacial score (nSPS) is 31.1. The van der Waals surface area contributed by atoms with Gasteiger partial charge in [-0.3, -0.25) is 29.4 Å². The number of carbonyl (C=O) groups is 4. The Kier molecular flexibility index (Phi) is 4.06. The van der Waals surface area contributed by atoms with Gasteiger partial charge in [-0.1, -0.05) is 6.07 Å². The van der Waals surface area contributed by atoms with Crippen LogP contribution in [-0.2, 0) is 16.1 Å². The molecular weight excluding hydrogens is 360 g/mol. The standard InChI is InChI=1S/C20H22N4O4/c25-17-4-3-16(18(26)23-17)24-19(27)12-2-1-10(5-13(12)20(24)28)7-21-9-14-11-6-15(14)22-8-11/h1-2,5,11,14-16,21-22H,3-4,6-9H2,(H,23,25,26)/t11-,14+,15-,16?/m0/s1. The molecule has 4 atom stereocenters. The fourth-order valence-corrected chi connectivity index (χ4v) is 4.90. The molecule has 8 heteroatoms. The van der Waals surface area contributed by atoms with Crippen LogP contribution < -0.4 is 16.0 Å². The predicted molar refractivity (Wildman–Crippen MR) is 98.2 cm³/mol. The Morgan fingerprint density at radius 2 is 1.93 bits per heavy atom. The Bertz CT molecular complexity index is 884. The highest BCUT2D eigenvalue weighted by atomic mass is 16.2. The molecule has 4 fully saturated rings. The van der Waals surface area contributed by atoms with Gasteiger partial charge in [-0.2, -0.15) is 0 Å². The first-order chi connectivity index (χ1) is 13.5. The van der Waals surface area contributed by atoms with E-state index in [1.165, 1.54) is 6.42 Å². The number of carbonyl (C=O) groups excluding carboxylic acids is 4. The van der Waals surface area contributed by atoms with Crippen LogP contribution >= 0.6 is 0 Å². The van der Waals surface area contributed by atoms with Crippen LogP contribution in [0.3, 0.4) is 0 Å². The Balaban J connectivity index is 1.27. The summed E-state index contributed by atoms with van der Waals surface area (Å²) in [6.45, 7) is 2.68. The summed E-state index contributed by atoms with van der Waals surface area (Å²) in [4.78, 5) is 50.0.